The third-order valence-electron chi connectivity index (χ3n) is 3.19. The van der Waals surface area contributed by atoms with E-state index < -0.39 is 0 Å². The van der Waals surface area contributed by atoms with Gasteiger partial charge in [0.25, 0.3) is 5.91 Å². The Labute approximate surface area is 127 Å². The first kappa shape index (κ1) is 14.1. The zero-order valence-electron chi connectivity index (χ0n) is 12.3. The van der Waals surface area contributed by atoms with E-state index in [0.29, 0.717) is 17.2 Å². The highest BCUT2D eigenvalue weighted by Gasteiger charge is 2.12. The third-order valence-corrected chi connectivity index (χ3v) is 3.19. The lowest BCUT2D eigenvalue weighted by molar-refractivity contribution is 0.0941. The molecule has 0 aliphatic rings. The fourth-order valence-corrected chi connectivity index (χ4v) is 1.98. The van der Waals surface area contributed by atoms with Gasteiger partial charge in [0.15, 0.2) is 11.5 Å². The van der Waals surface area contributed by atoms with Gasteiger partial charge in [0.1, 0.15) is 11.5 Å². The lowest BCUT2D eigenvalue weighted by Crippen LogP contribution is -2.23. The van der Waals surface area contributed by atoms with Crippen LogP contribution in [0.15, 0.2) is 45.4 Å². The van der Waals surface area contributed by atoms with Crippen LogP contribution >= 0.6 is 0 Å². The molecule has 6 nitrogen and oxygen atoms in total. The van der Waals surface area contributed by atoms with Crippen LogP contribution in [0, 0.1) is 13.8 Å². The number of benzene rings is 1. The van der Waals surface area contributed by atoms with Crippen molar-refractivity contribution < 1.29 is 13.8 Å². The molecule has 0 bridgehead atoms. The summed E-state index contributed by atoms with van der Waals surface area (Å²) in [4.78, 5) is 11.9. The van der Waals surface area contributed by atoms with E-state index in [9.17, 15) is 4.79 Å². The molecular formula is C16H15N3O3. The highest BCUT2D eigenvalue weighted by atomic mass is 16.5. The number of rotatable bonds is 4. The number of carbonyl (C=O) groups excluding carboxylic acids is 1. The molecule has 112 valence electrons. The molecule has 22 heavy (non-hydrogen) atoms. The topological polar surface area (TPSA) is 81.2 Å². The fourth-order valence-electron chi connectivity index (χ4n) is 1.98. The molecule has 0 aliphatic carbocycles. The molecule has 0 radical (unpaired) electrons. The van der Waals surface area contributed by atoms with E-state index in [4.69, 9.17) is 9.05 Å². The molecule has 1 N–H and O–H groups in total. The van der Waals surface area contributed by atoms with Crippen LogP contribution < -0.4 is 5.32 Å². The van der Waals surface area contributed by atoms with Crippen molar-refractivity contribution in [2.24, 2.45) is 0 Å². The van der Waals surface area contributed by atoms with Crippen molar-refractivity contribution in [1.29, 1.82) is 0 Å². The summed E-state index contributed by atoms with van der Waals surface area (Å²) >= 11 is 0. The maximum Gasteiger partial charge on any atom is 0.273 e. The van der Waals surface area contributed by atoms with Crippen LogP contribution in [0.2, 0.25) is 0 Å². The number of hydrogen-bond donors (Lipinski definition) is 1. The Hall–Kier alpha value is -2.89. The molecule has 0 atom stereocenters. The van der Waals surface area contributed by atoms with Crippen LogP contribution in [0.25, 0.3) is 11.3 Å². The Morgan fingerprint density at radius 2 is 1.86 bits per heavy atom. The van der Waals surface area contributed by atoms with Crippen molar-refractivity contribution in [3.63, 3.8) is 0 Å². The second-order valence-corrected chi connectivity index (χ2v) is 5.05. The van der Waals surface area contributed by atoms with E-state index in [1.165, 1.54) is 5.56 Å². The second-order valence-electron chi connectivity index (χ2n) is 5.05. The zero-order valence-corrected chi connectivity index (χ0v) is 12.3. The van der Waals surface area contributed by atoms with Gasteiger partial charge in [0.2, 0.25) is 0 Å². The summed E-state index contributed by atoms with van der Waals surface area (Å²) in [5, 5.41) is 10.3. The number of aryl methyl sites for hydroxylation is 2. The van der Waals surface area contributed by atoms with Crippen LogP contribution in [0.1, 0.15) is 27.5 Å². The SMILES string of the molecule is Cc1ccc(-c2cc(CNC(=O)c3cc(C)on3)no2)cc1. The monoisotopic (exact) mass is 297 g/mol. The first-order valence-electron chi connectivity index (χ1n) is 6.86. The molecule has 6 heteroatoms. The molecular weight excluding hydrogens is 282 g/mol. The highest BCUT2D eigenvalue weighted by molar-refractivity contribution is 5.92. The lowest BCUT2D eigenvalue weighted by Gasteiger charge is -1.98. The molecule has 0 unspecified atom stereocenters. The summed E-state index contributed by atoms with van der Waals surface area (Å²) in [5.41, 5.74) is 3.02. The molecule has 0 saturated heterocycles. The van der Waals surface area contributed by atoms with Crippen molar-refractivity contribution in [2.75, 3.05) is 0 Å². The van der Waals surface area contributed by atoms with Gasteiger partial charge in [-0.15, -0.1) is 0 Å². The van der Waals surface area contributed by atoms with Gasteiger partial charge in [-0.05, 0) is 13.8 Å². The van der Waals surface area contributed by atoms with E-state index in [0.717, 1.165) is 5.56 Å². The minimum Gasteiger partial charge on any atom is -0.361 e. The molecule has 0 spiro atoms. The maximum absolute atomic E-state index is 11.9. The first-order valence-corrected chi connectivity index (χ1v) is 6.86. The van der Waals surface area contributed by atoms with Gasteiger partial charge in [-0.25, -0.2) is 0 Å². The van der Waals surface area contributed by atoms with E-state index >= 15 is 0 Å². The van der Waals surface area contributed by atoms with Crippen molar-refractivity contribution in [2.45, 2.75) is 20.4 Å². The van der Waals surface area contributed by atoms with Gasteiger partial charge in [-0.2, -0.15) is 0 Å². The van der Waals surface area contributed by atoms with Gasteiger partial charge in [0, 0.05) is 17.7 Å². The largest absolute Gasteiger partial charge is 0.361 e. The molecule has 3 rings (SSSR count). The fraction of sp³-hybridized carbons (Fsp3) is 0.188. The van der Waals surface area contributed by atoms with Gasteiger partial charge < -0.3 is 14.4 Å². The standard InChI is InChI=1S/C16H15N3O3/c1-10-3-5-12(6-4-10)15-8-13(18-22-15)9-17-16(20)14-7-11(2)21-19-14/h3-8H,9H2,1-2H3,(H,17,20). The lowest BCUT2D eigenvalue weighted by atomic mass is 10.1. The maximum atomic E-state index is 11.9. The normalized spacial score (nSPS) is 10.6. The molecule has 3 aromatic rings. The van der Waals surface area contributed by atoms with Gasteiger partial charge >= 0.3 is 0 Å². The van der Waals surface area contributed by atoms with E-state index in [1.54, 1.807) is 19.1 Å². The minimum absolute atomic E-state index is 0.250. The number of amides is 1. The first-order chi connectivity index (χ1) is 10.6. The average molecular weight is 297 g/mol. The van der Waals surface area contributed by atoms with Crippen LogP contribution in [-0.2, 0) is 6.54 Å². The highest BCUT2D eigenvalue weighted by Crippen LogP contribution is 2.20. The summed E-state index contributed by atoms with van der Waals surface area (Å²) in [5.74, 6) is 0.950. The van der Waals surface area contributed by atoms with Gasteiger partial charge in [-0.1, -0.05) is 40.1 Å². The number of aromatic nitrogens is 2. The summed E-state index contributed by atoms with van der Waals surface area (Å²) in [6, 6.07) is 11.3. The number of nitrogens with one attached hydrogen (secondary N) is 1. The van der Waals surface area contributed by atoms with E-state index in [2.05, 4.69) is 15.6 Å². The quantitative estimate of drug-likeness (QED) is 0.800. The average Bonchev–Trinajstić information content (AvgIpc) is 3.15. The summed E-state index contributed by atoms with van der Waals surface area (Å²) in [6.45, 7) is 4.02. The van der Waals surface area contributed by atoms with Crippen molar-refractivity contribution in [1.82, 2.24) is 15.6 Å². The van der Waals surface area contributed by atoms with Gasteiger partial charge in [0.05, 0.1) is 6.54 Å². The van der Waals surface area contributed by atoms with Crippen LogP contribution in [0.5, 0.6) is 0 Å². The van der Waals surface area contributed by atoms with Crippen molar-refractivity contribution in [3.8, 4) is 11.3 Å². The molecule has 1 aromatic carbocycles. The molecule has 0 saturated carbocycles. The van der Waals surface area contributed by atoms with Crippen molar-refractivity contribution >= 4 is 5.91 Å². The molecule has 0 aliphatic heterocycles. The predicted molar refractivity (Wildman–Crippen MR) is 79.1 cm³/mol. The van der Waals surface area contributed by atoms with Crippen LogP contribution in [0.4, 0.5) is 0 Å². The Morgan fingerprint density at radius 1 is 1.09 bits per heavy atom. The zero-order chi connectivity index (χ0) is 15.5. The summed E-state index contributed by atoms with van der Waals surface area (Å²) in [6.07, 6.45) is 0. The Kier molecular flexibility index (Phi) is 3.74. The van der Waals surface area contributed by atoms with E-state index in [-0.39, 0.29) is 18.1 Å². The molecule has 2 heterocycles. The van der Waals surface area contributed by atoms with Crippen LogP contribution in [-0.4, -0.2) is 16.2 Å². The predicted octanol–water partition coefficient (Wildman–Crippen LogP) is 2.88. The van der Waals surface area contributed by atoms with Crippen molar-refractivity contribution in [3.05, 3.63) is 59.1 Å². The van der Waals surface area contributed by atoms with Crippen LogP contribution in [0.3, 0.4) is 0 Å². The molecule has 0 fully saturated rings. The van der Waals surface area contributed by atoms with E-state index in [1.807, 2.05) is 31.2 Å². The Morgan fingerprint density at radius 3 is 2.55 bits per heavy atom. The Balaban J connectivity index is 1.64. The molecule has 2 aromatic heterocycles. The smallest absolute Gasteiger partial charge is 0.273 e. The number of carbonyl (C=O) groups is 1. The minimum atomic E-state index is -0.309. The molecule has 1 amide bonds. The summed E-state index contributed by atoms with van der Waals surface area (Å²) < 4.78 is 10.2. The Bertz CT molecular complexity index is 787. The number of hydrogen-bond acceptors (Lipinski definition) is 5. The summed E-state index contributed by atoms with van der Waals surface area (Å²) in [7, 11) is 0. The third kappa shape index (κ3) is 3.06. The number of nitrogens with zero attached hydrogens (tertiary/aromatic N) is 2. The van der Waals surface area contributed by atoms with Gasteiger partial charge in [-0.3, -0.25) is 4.79 Å². The second kappa shape index (κ2) is 5.85.